The molecule has 5 nitrogen and oxygen atoms in total. The van der Waals surface area contributed by atoms with Gasteiger partial charge >= 0.3 is 0 Å². The van der Waals surface area contributed by atoms with Crippen LogP contribution in [0.25, 0.3) is 0 Å². The molecule has 0 fully saturated rings. The summed E-state index contributed by atoms with van der Waals surface area (Å²) in [5.41, 5.74) is 2.71. The van der Waals surface area contributed by atoms with Crippen LogP contribution in [0.5, 0.6) is 0 Å². The Bertz CT molecular complexity index is 299. The molecule has 0 aliphatic carbocycles. The standard InChI is InChI=1S/C7H10ClN5/c1-13(2)5-10-12-6-3-4-9-7(8)11-6/h3-5H,1-2H3,(H,9,11,12)/b10-5+. The van der Waals surface area contributed by atoms with E-state index in [-0.39, 0.29) is 5.28 Å². The maximum absolute atomic E-state index is 5.56. The summed E-state index contributed by atoms with van der Waals surface area (Å²) in [7, 11) is 3.75. The molecule has 0 aliphatic rings. The van der Waals surface area contributed by atoms with Crippen LogP contribution in [-0.2, 0) is 0 Å². The highest BCUT2D eigenvalue weighted by Gasteiger charge is 1.92. The van der Waals surface area contributed by atoms with Crippen LogP contribution in [0.1, 0.15) is 0 Å². The Morgan fingerprint density at radius 2 is 2.38 bits per heavy atom. The second kappa shape index (κ2) is 4.61. The molecule has 0 aromatic carbocycles. The Morgan fingerprint density at radius 3 is 3.00 bits per heavy atom. The Hall–Kier alpha value is -1.36. The van der Waals surface area contributed by atoms with E-state index in [1.54, 1.807) is 23.5 Å². The average Bonchev–Trinajstić information content (AvgIpc) is 2.03. The molecule has 1 rings (SSSR count). The van der Waals surface area contributed by atoms with E-state index < -0.39 is 0 Å². The lowest BCUT2D eigenvalue weighted by Gasteiger charge is -2.02. The summed E-state index contributed by atoms with van der Waals surface area (Å²) in [4.78, 5) is 9.42. The molecule has 0 amide bonds. The zero-order valence-corrected chi connectivity index (χ0v) is 8.15. The van der Waals surface area contributed by atoms with Gasteiger partial charge in [-0.05, 0) is 11.6 Å². The summed E-state index contributed by atoms with van der Waals surface area (Å²) >= 11 is 5.56. The van der Waals surface area contributed by atoms with Crippen molar-refractivity contribution in [2.24, 2.45) is 5.10 Å². The number of hydrazone groups is 1. The second-order valence-corrected chi connectivity index (χ2v) is 2.87. The van der Waals surface area contributed by atoms with Crippen LogP contribution in [0.3, 0.4) is 0 Å². The van der Waals surface area contributed by atoms with Gasteiger partial charge in [0, 0.05) is 26.4 Å². The molecule has 13 heavy (non-hydrogen) atoms. The van der Waals surface area contributed by atoms with E-state index in [4.69, 9.17) is 11.6 Å². The molecule has 0 bridgehead atoms. The number of rotatable bonds is 3. The summed E-state index contributed by atoms with van der Waals surface area (Å²) in [6.45, 7) is 0. The van der Waals surface area contributed by atoms with Crippen molar-refractivity contribution in [1.82, 2.24) is 14.9 Å². The highest BCUT2D eigenvalue weighted by molar-refractivity contribution is 6.28. The number of nitrogens with one attached hydrogen (secondary N) is 1. The maximum atomic E-state index is 5.56. The molecule has 0 spiro atoms. The van der Waals surface area contributed by atoms with Crippen LogP contribution in [0.4, 0.5) is 5.82 Å². The van der Waals surface area contributed by atoms with E-state index in [2.05, 4.69) is 20.5 Å². The topological polar surface area (TPSA) is 53.4 Å². The quantitative estimate of drug-likeness (QED) is 0.342. The van der Waals surface area contributed by atoms with Gasteiger partial charge in [0.2, 0.25) is 5.28 Å². The molecule has 6 heteroatoms. The zero-order chi connectivity index (χ0) is 9.68. The maximum Gasteiger partial charge on any atom is 0.224 e. The van der Waals surface area contributed by atoms with Crippen molar-refractivity contribution in [2.45, 2.75) is 0 Å². The van der Waals surface area contributed by atoms with Crippen molar-refractivity contribution >= 4 is 23.8 Å². The summed E-state index contributed by atoms with van der Waals surface area (Å²) < 4.78 is 0. The number of hydrogen-bond donors (Lipinski definition) is 1. The van der Waals surface area contributed by atoms with Gasteiger partial charge in [-0.15, -0.1) is 0 Å². The minimum atomic E-state index is 0.199. The number of hydrogen-bond acceptors (Lipinski definition) is 4. The van der Waals surface area contributed by atoms with Crippen LogP contribution in [-0.4, -0.2) is 35.3 Å². The van der Waals surface area contributed by atoms with Gasteiger partial charge in [-0.3, -0.25) is 5.43 Å². The molecular formula is C7H10ClN5. The largest absolute Gasteiger partial charge is 0.367 e. The Morgan fingerprint density at radius 1 is 1.62 bits per heavy atom. The SMILES string of the molecule is CN(C)/C=N/Nc1ccnc(Cl)n1. The third-order valence-electron chi connectivity index (χ3n) is 1.09. The van der Waals surface area contributed by atoms with E-state index in [1.807, 2.05) is 14.1 Å². The van der Waals surface area contributed by atoms with E-state index in [1.165, 1.54) is 0 Å². The molecule has 0 atom stereocenters. The fourth-order valence-electron chi connectivity index (χ4n) is 0.608. The van der Waals surface area contributed by atoms with Crippen molar-refractivity contribution in [1.29, 1.82) is 0 Å². The van der Waals surface area contributed by atoms with E-state index in [0.29, 0.717) is 5.82 Å². The van der Waals surface area contributed by atoms with E-state index in [9.17, 15) is 0 Å². The van der Waals surface area contributed by atoms with E-state index >= 15 is 0 Å². The summed E-state index contributed by atoms with van der Waals surface area (Å²) in [5.74, 6) is 0.568. The van der Waals surface area contributed by atoms with Crippen LogP contribution in [0.15, 0.2) is 17.4 Å². The van der Waals surface area contributed by atoms with Gasteiger partial charge in [0.05, 0.1) is 0 Å². The van der Waals surface area contributed by atoms with Gasteiger partial charge in [0.1, 0.15) is 6.34 Å². The van der Waals surface area contributed by atoms with Crippen LogP contribution in [0.2, 0.25) is 5.28 Å². The summed E-state index contributed by atoms with van der Waals surface area (Å²) in [5, 5.41) is 4.08. The Balaban J connectivity index is 2.55. The fraction of sp³-hybridized carbons (Fsp3) is 0.286. The van der Waals surface area contributed by atoms with Crippen molar-refractivity contribution in [2.75, 3.05) is 19.5 Å². The first-order valence-corrected chi connectivity index (χ1v) is 4.00. The molecule has 1 aromatic heterocycles. The van der Waals surface area contributed by atoms with Crippen molar-refractivity contribution in [3.05, 3.63) is 17.5 Å². The monoisotopic (exact) mass is 199 g/mol. The van der Waals surface area contributed by atoms with Gasteiger partial charge in [0.25, 0.3) is 0 Å². The molecule has 1 aromatic rings. The zero-order valence-electron chi connectivity index (χ0n) is 7.40. The minimum Gasteiger partial charge on any atom is -0.367 e. The average molecular weight is 200 g/mol. The highest BCUT2D eigenvalue weighted by Crippen LogP contribution is 2.04. The Labute approximate surface area is 81.4 Å². The van der Waals surface area contributed by atoms with E-state index in [0.717, 1.165) is 0 Å². The van der Waals surface area contributed by atoms with Gasteiger partial charge in [-0.2, -0.15) is 10.1 Å². The van der Waals surface area contributed by atoms with Crippen LogP contribution in [0, 0.1) is 0 Å². The third-order valence-corrected chi connectivity index (χ3v) is 1.28. The molecule has 1 N–H and O–H groups in total. The molecule has 70 valence electrons. The van der Waals surface area contributed by atoms with Gasteiger partial charge < -0.3 is 4.90 Å². The lowest BCUT2D eigenvalue weighted by molar-refractivity contribution is 0.641. The Kier molecular flexibility index (Phi) is 3.45. The first-order valence-electron chi connectivity index (χ1n) is 3.62. The van der Waals surface area contributed by atoms with Gasteiger partial charge in [-0.1, -0.05) is 0 Å². The number of anilines is 1. The van der Waals surface area contributed by atoms with Gasteiger partial charge in [-0.25, -0.2) is 4.98 Å². The fourth-order valence-corrected chi connectivity index (χ4v) is 0.755. The van der Waals surface area contributed by atoms with Crippen LogP contribution >= 0.6 is 11.6 Å². The first kappa shape index (κ1) is 9.73. The molecule has 1 heterocycles. The van der Waals surface area contributed by atoms with Gasteiger partial charge in [0.15, 0.2) is 5.82 Å². The summed E-state index contributed by atoms with van der Waals surface area (Å²) in [6.07, 6.45) is 3.18. The predicted molar refractivity (Wildman–Crippen MR) is 52.8 cm³/mol. The smallest absolute Gasteiger partial charge is 0.224 e. The minimum absolute atomic E-state index is 0.199. The van der Waals surface area contributed by atoms with Crippen LogP contribution < -0.4 is 5.43 Å². The number of nitrogens with zero attached hydrogens (tertiary/aromatic N) is 4. The second-order valence-electron chi connectivity index (χ2n) is 2.53. The number of halogens is 1. The number of aromatic nitrogens is 2. The van der Waals surface area contributed by atoms with Crippen molar-refractivity contribution in [3.63, 3.8) is 0 Å². The molecule has 0 saturated carbocycles. The lowest BCUT2D eigenvalue weighted by Crippen LogP contribution is -2.09. The third kappa shape index (κ3) is 3.71. The molecule has 0 radical (unpaired) electrons. The molecular weight excluding hydrogens is 190 g/mol. The first-order chi connectivity index (χ1) is 6.18. The molecule has 0 saturated heterocycles. The normalized spacial score (nSPS) is 10.4. The highest BCUT2D eigenvalue weighted by atomic mass is 35.5. The van der Waals surface area contributed by atoms with Crippen molar-refractivity contribution < 1.29 is 0 Å². The lowest BCUT2D eigenvalue weighted by atomic mass is 10.6. The van der Waals surface area contributed by atoms with Crippen molar-refractivity contribution in [3.8, 4) is 0 Å². The molecule has 0 unspecified atom stereocenters. The summed E-state index contributed by atoms with van der Waals surface area (Å²) in [6, 6.07) is 1.68. The predicted octanol–water partition coefficient (Wildman–Crippen LogP) is 1.05. The molecule has 0 aliphatic heterocycles.